The molecule has 0 aliphatic rings. The Morgan fingerprint density at radius 3 is 2.48 bits per heavy atom. The van der Waals surface area contributed by atoms with Crippen molar-refractivity contribution in [2.24, 2.45) is 0 Å². The van der Waals surface area contributed by atoms with Crippen molar-refractivity contribution in [3.05, 3.63) is 66.1 Å². The number of rotatable bonds is 4. The van der Waals surface area contributed by atoms with E-state index in [2.05, 4.69) is 36.6 Å². The molecule has 0 aliphatic heterocycles. The summed E-state index contributed by atoms with van der Waals surface area (Å²) in [5, 5.41) is 1.21. The summed E-state index contributed by atoms with van der Waals surface area (Å²) < 4.78 is 21.0. The van der Waals surface area contributed by atoms with Gasteiger partial charge in [0.05, 0.1) is 5.69 Å². The second-order valence-corrected chi connectivity index (χ2v) is 5.40. The smallest absolute Gasteiger partial charge is 0.128 e. The molecule has 0 fully saturated rings. The van der Waals surface area contributed by atoms with Crippen LogP contribution in [0.2, 0.25) is 0 Å². The van der Waals surface area contributed by atoms with Gasteiger partial charge < -0.3 is 9.30 Å². The van der Waals surface area contributed by atoms with Gasteiger partial charge >= 0.3 is 0 Å². The summed E-state index contributed by atoms with van der Waals surface area (Å²) in [7, 11) is 0. The van der Waals surface area contributed by atoms with Crippen molar-refractivity contribution in [1.29, 1.82) is 0 Å². The average molecular weight is 283 g/mol. The Labute approximate surface area is 123 Å². The molecule has 2 nitrogen and oxygen atoms in total. The maximum Gasteiger partial charge on any atom is 0.128 e. The Hall–Kier alpha value is -2.29. The number of hydrogen-bond acceptors (Lipinski definition) is 1. The van der Waals surface area contributed by atoms with E-state index in [4.69, 9.17) is 4.74 Å². The van der Waals surface area contributed by atoms with Crippen molar-refractivity contribution >= 4 is 10.9 Å². The maximum absolute atomic E-state index is 12.9. The van der Waals surface area contributed by atoms with Crippen LogP contribution in [0.1, 0.15) is 25.6 Å². The first-order valence-electron chi connectivity index (χ1n) is 7.12. The van der Waals surface area contributed by atoms with Crippen LogP contribution >= 0.6 is 0 Å². The third-order valence-corrected chi connectivity index (χ3v) is 3.54. The molecule has 1 aromatic heterocycles. The second-order valence-electron chi connectivity index (χ2n) is 5.40. The number of hydrogen-bond donors (Lipinski definition) is 0. The Kier molecular flexibility index (Phi) is 3.65. The first-order chi connectivity index (χ1) is 10.1. The van der Waals surface area contributed by atoms with Crippen molar-refractivity contribution < 1.29 is 9.13 Å². The lowest BCUT2D eigenvalue weighted by atomic mass is 10.2. The van der Waals surface area contributed by atoms with E-state index in [1.54, 1.807) is 12.1 Å². The minimum atomic E-state index is -0.251. The molecule has 0 atom stereocenters. The molecule has 0 N–H and O–H groups in total. The van der Waals surface area contributed by atoms with Gasteiger partial charge in [-0.15, -0.1) is 0 Å². The number of para-hydroxylation sites is 1. The van der Waals surface area contributed by atoms with E-state index in [-0.39, 0.29) is 5.82 Å². The number of benzene rings is 2. The molecule has 0 bridgehead atoms. The molecule has 3 heteroatoms. The number of fused-ring (bicyclic) bond motifs is 1. The van der Waals surface area contributed by atoms with Crippen LogP contribution in [0.5, 0.6) is 5.75 Å². The molecule has 2 aromatic carbocycles. The van der Waals surface area contributed by atoms with Gasteiger partial charge in [0.2, 0.25) is 0 Å². The molecule has 0 saturated carbocycles. The highest BCUT2D eigenvalue weighted by molar-refractivity contribution is 5.81. The monoisotopic (exact) mass is 283 g/mol. The molecule has 21 heavy (non-hydrogen) atoms. The van der Waals surface area contributed by atoms with Gasteiger partial charge in [-0.1, -0.05) is 18.2 Å². The number of nitrogens with zero attached hydrogens (tertiary/aromatic N) is 1. The Morgan fingerprint density at radius 1 is 1.05 bits per heavy atom. The highest BCUT2D eigenvalue weighted by Gasteiger charge is 2.11. The van der Waals surface area contributed by atoms with Gasteiger partial charge in [0.15, 0.2) is 0 Å². The van der Waals surface area contributed by atoms with Gasteiger partial charge in [0.1, 0.15) is 18.2 Å². The minimum absolute atomic E-state index is 0.251. The average Bonchev–Trinajstić information content (AvgIpc) is 2.85. The lowest BCUT2D eigenvalue weighted by Gasteiger charge is -2.15. The Morgan fingerprint density at radius 2 is 1.76 bits per heavy atom. The standard InChI is InChI=1S/C18H18FNO/c1-13(2)20-16(11-14-5-3-4-6-18(14)20)12-21-17-9-7-15(19)8-10-17/h3-11,13H,12H2,1-2H3. The van der Waals surface area contributed by atoms with Crippen LogP contribution < -0.4 is 4.74 Å². The van der Waals surface area contributed by atoms with Crippen LogP contribution in [0.15, 0.2) is 54.6 Å². The second kappa shape index (κ2) is 5.60. The van der Waals surface area contributed by atoms with Gasteiger partial charge in [-0.3, -0.25) is 0 Å². The van der Waals surface area contributed by atoms with Gasteiger partial charge in [-0.25, -0.2) is 4.39 Å². The summed E-state index contributed by atoms with van der Waals surface area (Å²) in [6.07, 6.45) is 0. The number of aromatic nitrogens is 1. The Bertz CT molecular complexity index is 744. The first kappa shape index (κ1) is 13.7. The molecule has 3 rings (SSSR count). The zero-order valence-corrected chi connectivity index (χ0v) is 12.2. The highest BCUT2D eigenvalue weighted by atomic mass is 19.1. The fourth-order valence-corrected chi connectivity index (χ4v) is 2.64. The zero-order valence-electron chi connectivity index (χ0n) is 12.2. The van der Waals surface area contributed by atoms with E-state index in [1.165, 1.54) is 23.0 Å². The van der Waals surface area contributed by atoms with Gasteiger partial charge in [-0.05, 0) is 55.6 Å². The van der Waals surface area contributed by atoms with E-state index in [1.807, 2.05) is 12.1 Å². The summed E-state index contributed by atoms with van der Waals surface area (Å²) >= 11 is 0. The first-order valence-corrected chi connectivity index (χ1v) is 7.12. The molecule has 0 saturated heterocycles. The lowest BCUT2D eigenvalue weighted by molar-refractivity contribution is 0.292. The number of halogens is 1. The van der Waals surface area contributed by atoms with Crippen molar-refractivity contribution in [2.45, 2.75) is 26.5 Å². The lowest BCUT2D eigenvalue weighted by Crippen LogP contribution is -2.08. The minimum Gasteiger partial charge on any atom is -0.487 e. The van der Waals surface area contributed by atoms with Crippen molar-refractivity contribution in [2.75, 3.05) is 0 Å². The van der Waals surface area contributed by atoms with Gasteiger partial charge in [0.25, 0.3) is 0 Å². The molecular weight excluding hydrogens is 265 g/mol. The summed E-state index contributed by atoms with van der Waals surface area (Å²) in [6.45, 7) is 4.79. The fourth-order valence-electron chi connectivity index (χ4n) is 2.64. The predicted molar refractivity (Wildman–Crippen MR) is 83.1 cm³/mol. The van der Waals surface area contributed by atoms with E-state index < -0.39 is 0 Å². The van der Waals surface area contributed by atoms with Crippen molar-refractivity contribution in [3.63, 3.8) is 0 Å². The quantitative estimate of drug-likeness (QED) is 0.661. The molecular formula is C18H18FNO. The van der Waals surface area contributed by atoms with E-state index >= 15 is 0 Å². The normalized spacial score (nSPS) is 11.2. The molecule has 0 spiro atoms. The summed E-state index contributed by atoms with van der Waals surface area (Å²) in [4.78, 5) is 0. The predicted octanol–water partition coefficient (Wildman–Crippen LogP) is 4.94. The molecule has 0 radical (unpaired) electrons. The van der Waals surface area contributed by atoms with Crippen LogP contribution in [-0.4, -0.2) is 4.57 Å². The van der Waals surface area contributed by atoms with Crippen LogP contribution in [0.4, 0.5) is 4.39 Å². The molecule has 0 aliphatic carbocycles. The van der Waals surface area contributed by atoms with E-state index in [0.717, 1.165) is 5.69 Å². The zero-order chi connectivity index (χ0) is 14.8. The SMILES string of the molecule is CC(C)n1c(COc2ccc(F)cc2)cc2ccccc21. The summed E-state index contributed by atoms with van der Waals surface area (Å²) in [5.74, 6) is 0.426. The van der Waals surface area contributed by atoms with E-state index in [0.29, 0.717) is 18.4 Å². The van der Waals surface area contributed by atoms with Crippen LogP contribution in [0, 0.1) is 5.82 Å². The van der Waals surface area contributed by atoms with E-state index in [9.17, 15) is 4.39 Å². The van der Waals surface area contributed by atoms with Crippen LogP contribution in [0.25, 0.3) is 10.9 Å². The maximum atomic E-state index is 12.9. The van der Waals surface area contributed by atoms with Gasteiger partial charge in [-0.2, -0.15) is 0 Å². The molecule has 1 heterocycles. The molecule has 0 unspecified atom stereocenters. The highest BCUT2D eigenvalue weighted by Crippen LogP contribution is 2.25. The largest absolute Gasteiger partial charge is 0.487 e. The van der Waals surface area contributed by atoms with Crippen molar-refractivity contribution in [1.82, 2.24) is 4.57 Å². The van der Waals surface area contributed by atoms with Gasteiger partial charge in [0, 0.05) is 11.6 Å². The molecule has 0 amide bonds. The summed E-state index contributed by atoms with van der Waals surface area (Å²) in [5.41, 5.74) is 2.33. The topological polar surface area (TPSA) is 14.2 Å². The molecule has 108 valence electrons. The third-order valence-electron chi connectivity index (χ3n) is 3.54. The third kappa shape index (κ3) is 2.77. The molecule has 3 aromatic rings. The Balaban J connectivity index is 1.89. The number of ether oxygens (including phenoxy) is 1. The fraction of sp³-hybridized carbons (Fsp3) is 0.222. The van der Waals surface area contributed by atoms with Crippen LogP contribution in [0.3, 0.4) is 0 Å². The van der Waals surface area contributed by atoms with Crippen LogP contribution in [-0.2, 0) is 6.61 Å². The van der Waals surface area contributed by atoms with Crippen molar-refractivity contribution in [3.8, 4) is 5.75 Å². The summed E-state index contributed by atoms with van der Waals surface area (Å²) in [6, 6.07) is 16.9.